The summed E-state index contributed by atoms with van der Waals surface area (Å²) in [7, 11) is 0. The minimum Gasteiger partial charge on any atom is -0.444 e. The van der Waals surface area contributed by atoms with Gasteiger partial charge in [0, 0.05) is 18.7 Å². The van der Waals surface area contributed by atoms with Crippen molar-refractivity contribution >= 4 is 21.8 Å². The summed E-state index contributed by atoms with van der Waals surface area (Å²) in [5, 5.41) is 8.35. The quantitative estimate of drug-likeness (QED) is 0.659. The van der Waals surface area contributed by atoms with E-state index in [1.54, 1.807) is 17.0 Å². The Morgan fingerprint density at radius 3 is 2.72 bits per heavy atom. The number of amides is 1. The van der Waals surface area contributed by atoms with Crippen LogP contribution in [0.2, 0.25) is 0 Å². The van der Waals surface area contributed by atoms with E-state index in [1.807, 2.05) is 30.3 Å². The van der Waals surface area contributed by atoms with Crippen LogP contribution in [-0.2, 0) is 0 Å². The van der Waals surface area contributed by atoms with Gasteiger partial charge in [-0.1, -0.05) is 18.2 Å². The van der Waals surface area contributed by atoms with Crippen molar-refractivity contribution in [2.75, 3.05) is 13.1 Å². The lowest BCUT2D eigenvalue weighted by atomic mass is 9.98. The van der Waals surface area contributed by atoms with Crippen LogP contribution in [0.15, 0.2) is 56.0 Å². The van der Waals surface area contributed by atoms with Crippen LogP contribution in [-0.4, -0.2) is 34.1 Å². The third-order valence-electron chi connectivity index (χ3n) is 4.30. The van der Waals surface area contributed by atoms with Crippen LogP contribution in [0.3, 0.4) is 0 Å². The minimum atomic E-state index is -0.113. The average Bonchev–Trinajstić information content (AvgIpc) is 3.31. The van der Waals surface area contributed by atoms with Gasteiger partial charge in [0.15, 0.2) is 10.4 Å². The van der Waals surface area contributed by atoms with Gasteiger partial charge < -0.3 is 13.7 Å². The summed E-state index contributed by atoms with van der Waals surface area (Å²) in [6, 6.07) is 13.1. The van der Waals surface area contributed by atoms with Crippen LogP contribution in [0.5, 0.6) is 0 Å². The molecule has 128 valence electrons. The number of nitrogens with zero attached hydrogens (tertiary/aromatic N) is 3. The number of furan rings is 1. The van der Waals surface area contributed by atoms with Gasteiger partial charge in [-0.05, 0) is 53.0 Å². The number of benzene rings is 1. The van der Waals surface area contributed by atoms with Gasteiger partial charge in [-0.2, -0.15) is 0 Å². The van der Waals surface area contributed by atoms with E-state index in [2.05, 4.69) is 26.1 Å². The summed E-state index contributed by atoms with van der Waals surface area (Å²) in [6.07, 6.45) is 1.81. The molecule has 1 fully saturated rings. The molecule has 0 radical (unpaired) electrons. The number of halogens is 1. The molecule has 2 aromatic heterocycles. The molecule has 0 spiro atoms. The van der Waals surface area contributed by atoms with Gasteiger partial charge in [-0.25, -0.2) is 0 Å². The van der Waals surface area contributed by atoms with Crippen molar-refractivity contribution in [2.24, 2.45) is 0 Å². The molecule has 25 heavy (non-hydrogen) atoms. The summed E-state index contributed by atoms with van der Waals surface area (Å²) < 4.78 is 11.8. The smallest absolute Gasteiger partial charge is 0.289 e. The van der Waals surface area contributed by atoms with Crippen molar-refractivity contribution in [3.63, 3.8) is 0 Å². The van der Waals surface area contributed by atoms with Gasteiger partial charge in [0.05, 0.1) is 5.92 Å². The molecule has 0 saturated carbocycles. The minimum absolute atomic E-state index is 0.0427. The first-order valence-electron chi connectivity index (χ1n) is 8.14. The second kappa shape index (κ2) is 6.84. The lowest BCUT2D eigenvalue weighted by Crippen LogP contribution is -2.39. The summed E-state index contributed by atoms with van der Waals surface area (Å²) in [5.41, 5.74) is 0.894. The Labute approximate surface area is 153 Å². The maximum atomic E-state index is 12.6. The lowest BCUT2D eigenvalue weighted by Gasteiger charge is -2.30. The van der Waals surface area contributed by atoms with Crippen molar-refractivity contribution in [1.82, 2.24) is 15.1 Å². The predicted molar refractivity (Wildman–Crippen MR) is 94.0 cm³/mol. The number of aromatic nitrogens is 2. The van der Waals surface area contributed by atoms with Crippen LogP contribution < -0.4 is 0 Å². The van der Waals surface area contributed by atoms with Gasteiger partial charge in [0.25, 0.3) is 5.91 Å². The molecule has 3 aromatic rings. The summed E-state index contributed by atoms with van der Waals surface area (Å²) in [4.78, 5) is 14.3. The molecule has 1 atom stereocenters. The van der Waals surface area contributed by atoms with Crippen molar-refractivity contribution in [3.8, 4) is 11.5 Å². The Morgan fingerprint density at radius 1 is 1.12 bits per heavy atom. The topological polar surface area (TPSA) is 72.4 Å². The van der Waals surface area contributed by atoms with Crippen molar-refractivity contribution in [2.45, 2.75) is 18.8 Å². The van der Waals surface area contributed by atoms with Crippen LogP contribution in [0.25, 0.3) is 11.5 Å². The zero-order valence-corrected chi connectivity index (χ0v) is 15.0. The van der Waals surface area contributed by atoms with Gasteiger partial charge in [-0.3, -0.25) is 4.79 Å². The second-order valence-corrected chi connectivity index (χ2v) is 6.79. The fourth-order valence-electron chi connectivity index (χ4n) is 3.05. The molecule has 4 rings (SSSR count). The molecule has 0 N–H and O–H groups in total. The van der Waals surface area contributed by atoms with Gasteiger partial charge >= 0.3 is 0 Å². The summed E-state index contributed by atoms with van der Waals surface area (Å²) >= 11 is 3.23. The molecular formula is C18H16BrN3O3. The SMILES string of the molecule is O=C(c1ccc(Br)o1)N1CCC[C@@H](c2nnc(-c3ccccc3)o2)C1. The van der Waals surface area contributed by atoms with Crippen LogP contribution in [0.4, 0.5) is 0 Å². The highest BCUT2D eigenvalue weighted by atomic mass is 79.9. The molecular weight excluding hydrogens is 386 g/mol. The van der Waals surface area contributed by atoms with E-state index < -0.39 is 0 Å². The molecule has 1 saturated heterocycles. The molecule has 3 heterocycles. The Balaban J connectivity index is 1.50. The highest BCUT2D eigenvalue weighted by Crippen LogP contribution is 2.29. The Kier molecular flexibility index (Phi) is 4.40. The second-order valence-electron chi connectivity index (χ2n) is 6.01. The number of hydrogen-bond acceptors (Lipinski definition) is 5. The number of piperidine rings is 1. The normalized spacial score (nSPS) is 17.6. The largest absolute Gasteiger partial charge is 0.444 e. The standard InChI is InChI=1S/C18H16BrN3O3/c19-15-9-8-14(24-15)18(23)22-10-4-7-13(11-22)17-21-20-16(25-17)12-5-2-1-3-6-12/h1-3,5-6,8-9,13H,4,7,10-11H2/t13-/m1/s1. The Bertz CT molecular complexity index is 875. The highest BCUT2D eigenvalue weighted by molar-refractivity contribution is 9.10. The van der Waals surface area contributed by atoms with Crippen LogP contribution >= 0.6 is 15.9 Å². The van der Waals surface area contributed by atoms with E-state index in [0.717, 1.165) is 18.4 Å². The monoisotopic (exact) mass is 401 g/mol. The first-order valence-corrected chi connectivity index (χ1v) is 8.93. The number of likely N-dealkylation sites (tertiary alicyclic amines) is 1. The number of rotatable bonds is 3. The molecule has 1 aliphatic heterocycles. The molecule has 0 bridgehead atoms. The number of hydrogen-bond donors (Lipinski definition) is 0. The van der Waals surface area contributed by atoms with E-state index in [4.69, 9.17) is 8.83 Å². The third-order valence-corrected chi connectivity index (χ3v) is 4.73. The molecule has 6 nitrogen and oxygen atoms in total. The summed E-state index contributed by atoms with van der Waals surface area (Å²) in [5.74, 6) is 1.35. The summed E-state index contributed by atoms with van der Waals surface area (Å²) in [6.45, 7) is 1.25. The van der Waals surface area contributed by atoms with E-state index in [0.29, 0.717) is 35.3 Å². The number of carbonyl (C=O) groups excluding carboxylic acids is 1. The van der Waals surface area contributed by atoms with Crippen LogP contribution in [0.1, 0.15) is 35.2 Å². The van der Waals surface area contributed by atoms with Crippen molar-refractivity contribution < 1.29 is 13.6 Å². The molecule has 1 aliphatic rings. The molecule has 1 aromatic carbocycles. The number of carbonyl (C=O) groups is 1. The van der Waals surface area contributed by atoms with Crippen molar-refractivity contribution in [3.05, 3.63) is 58.8 Å². The zero-order valence-electron chi connectivity index (χ0n) is 13.4. The molecule has 0 unspecified atom stereocenters. The van der Waals surface area contributed by atoms with E-state index >= 15 is 0 Å². The first kappa shape index (κ1) is 16.1. The highest BCUT2D eigenvalue weighted by Gasteiger charge is 2.30. The predicted octanol–water partition coefficient (Wildman–Crippen LogP) is 4.11. The third kappa shape index (κ3) is 3.37. The van der Waals surface area contributed by atoms with E-state index in [9.17, 15) is 4.79 Å². The fourth-order valence-corrected chi connectivity index (χ4v) is 3.35. The first-order chi connectivity index (χ1) is 12.2. The van der Waals surface area contributed by atoms with Gasteiger partial charge in [-0.15, -0.1) is 10.2 Å². The maximum absolute atomic E-state index is 12.6. The van der Waals surface area contributed by atoms with E-state index in [-0.39, 0.29) is 11.8 Å². The van der Waals surface area contributed by atoms with Crippen LogP contribution in [0, 0.1) is 0 Å². The van der Waals surface area contributed by atoms with Gasteiger partial charge in [0.2, 0.25) is 11.8 Å². The lowest BCUT2D eigenvalue weighted by molar-refractivity contribution is 0.0665. The zero-order chi connectivity index (χ0) is 17.2. The van der Waals surface area contributed by atoms with E-state index in [1.165, 1.54) is 0 Å². The molecule has 0 aliphatic carbocycles. The molecule has 7 heteroatoms. The molecule has 1 amide bonds. The van der Waals surface area contributed by atoms with Crippen molar-refractivity contribution in [1.29, 1.82) is 0 Å². The Morgan fingerprint density at radius 2 is 1.96 bits per heavy atom. The fraction of sp³-hybridized carbons (Fsp3) is 0.278. The average molecular weight is 402 g/mol. The Hall–Kier alpha value is -2.41. The van der Waals surface area contributed by atoms with Gasteiger partial charge in [0.1, 0.15) is 0 Å². The maximum Gasteiger partial charge on any atom is 0.289 e.